The molecule has 18 heteroatoms. The molecule has 0 saturated heterocycles. The average molecular weight is 595 g/mol. The molecule has 0 heterocycles. The highest BCUT2D eigenvalue weighted by Crippen LogP contribution is 2.59. The maximum atomic E-state index is 14.2. The molecule has 0 spiro atoms. The summed E-state index contributed by atoms with van der Waals surface area (Å²) < 4.78 is 164. The lowest BCUT2D eigenvalue weighted by atomic mass is 9.56. The topological polar surface area (TPSA) is 133 Å². The van der Waals surface area contributed by atoms with Crippen LogP contribution in [0.3, 0.4) is 0 Å². The largest absolute Gasteiger partial charge is 0.462 e. The Morgan fingerprint density at radius 2 is 1.38 bits per heavy atom. The molecule has 4 bridgehead atoms. The smallest absolute Gasteiger partial charge is 0.456 e. The zero-order valence-electron chi connectivity index (χ0n) is 19.3. The fourth-order valence-electron chi connectivity index (χ4n) is 5.83. The molecular weight excluding hydrogens is 569 g/mol. The molecule has 37 heavy (non-hydrogen) atoms. The summed E-state index contributed by atoms with van der Waals surface area (Å²) in [6.07, 6.45) is -6.72. The molecule has 4 saturated carbocycles. The summed E-state index contributed by atoms with van der Waals surface area (Å²) >= 11 is 0. The first-order valence-corrected chi connectivity index (χ1v) is 14.0. The minimum absolute atomic E-state index is 0.0578. The van der Waals surface area contributed by atoms with Crippen molar-refractivity contribution in [2.24, 2.45) is 17.8 Å². The van der Waals surface area contributed by atoms with Crippen LogP contribution in [0.1, 0.15) is 51.9 Å². The van der Waals surface area contributed by atoms with Crippen molar-refractivity contribution >= 4 is 26.2 Å². The number of hydrogen-bond acceptors (Lipinski definition) is 8. The predicted octanol–water partition coefficient (Wildman–Crippen LogP) is 3.65. The molecule has 4 aliphatic rings. The van der Waals surface area contributed by atoms with Gasteiger partial charge in [0.15, 0.2) is 0 Å². The number of ether oxygens (including phenoxy) is 2. The Balaban J connectivity index is 1.95. The second-order valence-corrected chi connectivity index (χ2v) is 13.2. The van der Waals surface area contributed by atoms with Gasteiger partial charge in [-0.25, -0.2) is 8.98 Å². The van der Waals surface area contributed by atoms with E-state index in [9.17, 15) is 52.4 Å². The van der Waals surface area contributed by atoms with Crippen molar-refractivity contribution in [1.29, 1.82) is 0 Å². The standard InChI is InChI=1S/C19H25F7O9S2/c1-2-33-14(27)17(18(22,23)24,34-4-3-16(20,21)19(25,26)36(28,29)30)35-37(31,32)15-8-11-5-12(9-15)7-13(6-11)10-15/h11-13H,2-10H2,1H3,(H,28,29,30). The summed E-state index contributed by atoms with van der Waals surface area (Å²) in [6.45, 7) is -1.88. The van der Waals surface area contributed by atoms with E-state index in [0.29, 0.717) is 19.3 Å². The van der Waals surface area contributed by atoms with Crippen LogP contribution in [0.5, 0.6) is 0 Å². The molecule has 4 rings (SSSR count). The maximum Gasteiger partial charge on any atom is 0.456 e. The lowest BCUT2D eigenvalue weighted by Crippen LogP contribution is -2.63. The summed E-state index contributed by atoms with van der Waals surface area (Å²) in [5.74, 6) is -13.4. The minimum atomic E-state index is -6.71. The molecule has 0 aromatic heterocycles. The molecule has 0 amide bonds. The lowest BCUT2D eigenvalue weighted by molar-refractivity contribution is -0.344. The number of carbonyl (C=O) groups excluding carboxylic acids is 1. The maximum absolute atomic E-state index is 14.2. The zero-order valence-corrected chi connectivity index (χ0v) is 20.9. The van der Waals surface area contributed by atoms with Gasteiger partial charge in [-0.15, -0.1) is 0 Å². The Bertz CT molecular complexity index is 1070. The van der Waals surface area contributed by atoms with Gasteiger partial charge >= 0.3 is 39.2 Å². The van der Waals surface area contributed by atoms with Gasteiger partial charge in [0.25, 0.3) is 10.1 Å². The third-order valence-corrected chi connectivity index (χ3v) is 10.1. The Kier molecular flexibility index (Phi) is 7.74. The van der Waals surface area contributed by atoms with Gasteiger partial charge in [0.05, 0.1) is 18.0 Å². The van der Waals surface area contributed by atoms with E-state index in [1.807, 2.05) is 0 Å². The number of hydrogen-bond donors (Lipinski definition) is 1. The van der Waals surface area contributed by atoms with Crippen LogP contribution in [-0.4, -0.2) is 68.5 Å². The second kappa shape index (κ2) is 9.45. The quantitative estimate of drug-likeness (QED) is 0.125. The van der Waals surface area contributed by atoms with E-state index in [1.165, 1.54) is 0 Å². The molecular formula is C19H25F7O9S2. The van der Waals surface area contributed by atoms with Crippen LogP contribution in [0.15, 0.2) is 0 Å². The zero-order chi connectivity index (χ0) is 28.3. The van der Waals surface area contributed by atoms with Gasteiger partial charge in [-0.3, -0.25) is 4.55 Å². The highest BCUT2D eigenvalue weighted by atomic mass is 32.2. The van der Waals surface area contributed by atoms with Gasteiger partial charge in [0, 0.05) is 6.42 Å². The number of halogens is 7. The predicted molar refractivity (Wildman–Crippen MR) is 108 cm³/mol. The summed E-state index contributed by atoms with van der Waals surface area (Å²) in [5, 5.41) is -6.14. The highest BCUT2D eigenvalue weighted by molar-refractivity contribution is 7.88. The molecule has 0 radical (unpaired) electrons. The average Bonchev–Trinajstić information content (AvgIpc) is 2.70. The van der Waals surface area contributed by atoms with Crippen LogP contribution in [-0.2, 0) is 38.7 Å². The monoisotopic (exact) mass is 594 g/mol. The van der Waals surface area contributed by atoms with E-state index >= 15 is 0 Å². The van der Waals surface area contributed by atoms with Crippen LogP contribution in [0.25, 0.3) is 0 Å². The van der Waals surface area contributed by atoms with E-state index in [4.69, 9.17) is 4.55 Å². The van der Waals surface area contributed by atoms with Crippen LogP contribution >= 0.6 is 0 Å². The molecule has 216 valence electrons. The van der Waals surface area contributed by atoms with Crippen molar-refractivity contribution in [1.82, 2.24) is 0 Å². The van der Waals surface area contributed by atoms with Crippen molar-refractivity contribution < 1.29 is 70.6 Å². The van der Waals surface area contributed by atoms with Crippen molar-refractivity contribution in [3.63, 3.8) is 0 Å². The van der Waals surface area contributed by atoms with E-state index in [-0.39, 0.29) is 37.0 Å². The van der Waals surface area contributed by atoms with Gasteiger partial charge in [-0.2, -0.15) is 47.6 Å². The molecule has 4 fully saturated rings. The van der Waals surface area contributed by atoms with E-state index < -0.39 is 73.7 Å². The normalized spacial score (nSPS) is 30.2. The van der Waals surface area contributed by atoms with Crippen molar-refractivity contribution in [2.75, 3.05) is 13.2 Å². The van der Waals surface area contributed by atoms with Gasteiger partial charge in [0.2, 0.25) is 0 Å². The first kappa shape index (κ1) is 30.3. The molecule has 1 N–H and O–H groups in total. The Morgan fingerprint density at radius 3 is 1.76 bits per heavy atom. The molecule has 4 aliphatic carbocycles. The SMILES string of the molecule is CCOC(=O)C(OCCC(F)(F)C(F)(F)S(=O)(=O)O)(OS(=O)(=O)C12CC3CC(CC(C3)C1)C2)C(F)(F)F. The summed E-state index contributed by atoms with van der Waals surface area (Å²) in [4.78, 5) is 12.4. The molecule has 0 aromatic rings. The van der Waals surface area contributed by atoms with Gasteiger partial charge in [0.1, 0.15) is 0 Å². The molecule has 0 aromatic carbocycles. The highest BCUT2D eigenvalue weighted by Gasteiger charge is 2.71. The number of esters is 1. The van der Waals surface area contributed by atoms with E-state index in [0.717, 1.165) is 6.92 Å². The Morgan fingerprint density at radius 1 is 0.919 bits per heavy atom. The summed E-state index contributed by atoms with van der Waals surface area (Å²) in [7, 11) is -12.0. The molecule has 1 atom stereocenters. The fourth-order valence-corrected chi connectivity index (χ4v) is 8.32. The Labute approximate surface area is 207 Å². The second-order valence-electron chi connectivity index (χ2n) is 9.77. The van der Waals surface area contributed by atoms with Crippen molar-refractivity contribution in [3.8, 4) is 0 Å². The third-order valence-electron chi connectivity index (χ3n) is 7.13. The van der Waals surface area contributed by atoms with Crippen LogP contribution in [0.4, 0.5) is 30.7 Å². The number of alkyl halides is 7. The number of rotatable bonds is 11. The molecule has 0 aliphatic heterocycles. The lowest BCUT2D eigenvalue weighted by Gasteiger charge is -2.55. The molecule has 9 nitrogen and oxygen atoms in total. The van der Waals surface area contributed by atoms with Crippen LogP contribution in [0, 0.1) is 17.8 Å². The van der Waals surface area contributed by atoms with Crippen molar-refractivity contribution in [3.05, 3.63) is 0 Å². The number of carbonyl (C=O) groups is 1. The van der Waals surface area contributed by atoms with E-state index in [1.54, 1.807) is 0 Å². The third kappa shape index (κ3) is 5.19. The minimum Gasteiger partial charge on any atom is -0.462 e. The van der Waals surface area contributed by atoms with Crippen LogP contribution < -0.4 is 0 Å². The summed E-state index contributed by atoms with van der Waals surface area (Å²) in [5.41, 5.74) is 0. The van der Waals surface area contributed by atoms with Gasteiger partial charge in [-0.1, -0.05) is 0 Å². The summed E-state index contributed by atoms with van der Waals surface area (Å²) in [6, 6.07) is 0. The van der Waals surface area contributed by atoms with Gasteiger partial charge in [-0.05, 0) is 63.2 Å². The van der Waals surface area contributed by atoms with Crippen LogP contribution in [0.2, 0.25) is 0 Å². The fraction of sp³-hybridized carbons (Fsp3) is 0.947. The van der Waals surface area contributed by atoms with Crippen molar-refractivity contribution in [2.45, 2.75) is 79.8 Å². The molecule has 1 unspecified atom stereocenters. The van der Waals surface area contributed by atoms with Gasteiger partial charge < -0.3 is 9.47 Å². The first-order valence-electron chi connectivity index (χ1n) is 11.2. The van der Waals surface area contributed by atoms with E-state index in [2.05, 4.69) is 13.7 Å². The first-order chi connectivity index (χ1) is 16.6. The Hall–Kier alpha value is -1.24.